The van der Waals surface area contributed by atoms with Gasteiger partial charge in [-0.15, -0.1) is 0 Å². The van der Waals surface area contributed by atoms with E-state index in [1.165, 1.54) is 12.1 Å². The van der Waals surface area contributed by atoms with Crippen LogP contribution in [0.2, 0.25) is 0 Å². The smallest absolute Gasteiger partial charge is 0.135 e. The molecule has 1 aromatic carbocycles. The highest BCUT2D eigenvalue weighted by molar-refractivity contribution is 6.08. The van der Waals surface area contributed by atoms with Gasteiger partial charge in [0.15, 0.2) is 0 Å². The molecule has 1 unspecified atom stereocenters. The molecule has 1 aliphatic rings. The third kappa shape index (κ3) is 1.81. The zero-order valence-corrected chi connectivity index (χ0v) is 8.80. The van der Waals surface area contributed by atoms with Gasteiger partial charge < -0.3 is 5.41 Å². The fourth-order valence-corrected chi connectivity index (χ4v) is 1.81. The fraction of sp³-hybridized carbons (Fsp3) is 0.154. The Morgan fingerprint density at radius 1 is 1.19 bits per heavy atom. The molecule has 0 amide bonds. The van der Waals surface area contributed by atoms with Gasteiger partial charge in [-0.25, -0.2) is 8.78 Å². The van der Waals surface area contributed by atoms with Crippen molar-refractivity contribution in [1.29, 1.82) is 5.41 Å². The third-order valence-electron chi connectivity index (χ3n) is 2.62. The average Bonchev–Trinajstić information content (AvgIpc) is 2.21. The van der Waals surface area contributed by atoms with Crippen molar-refractivity contribution >= 4 is 5.71 Å². The van der Waals surface area contributed by atoms with Crippen LogP contribution in [0.1, 0.15) is 24.0 Å². The Morgan fingerprint density at radius 3 is 2.69 bits per heavy atom. The van der Waals surface area contributed by atoms with Crippen molar-refractivity contribution in [3.8, 4) is 0 Å². The molecule has 0 saturated carbocycles. The van der Waals surface area contributed by atoms with Crippen LogP contribution in [0.15, 0.2) is 36.4 Å². The molecule has 0 aromatic heterocycles. The predicted molar refractivity (Wildman–Crippen MR) is 59.9 cm³/mol. The number of rotatable bonds is 0. The SMILES string of the molecule is CC1/C=C\C=C/C(=N)c2c(F)cc(F)cc21. The molecule has 3 heteroatoms. The topological polar surface area (TPSA) is 23.9 Å². The van der Waals surface area contributed by atoms with E-state index in [9.17, 15) is 8.78 Å². The van der Waals surface area contributed by atoms with E-state index >= 15 is 0 Å². The quantitative estimate of drug-likeness (QED) is 0.689. The van der Waals surface area contributed by atoms with Crippen molar-refractivity contribution in [2.24, 2.45) is 0 Å². The van der Waals surface area contributed by atoms with E-state index in [1.807, 2.05) is 13.0 Å². The summed E-state index contributed by atoms with van der Waals surface area (Å²) in [5.41, 5.74) is 0.779. The van der Waals surface area contributed by atoms with Crippen LogP contribution in [0.25, 0.3) is 0 Å². The molecule has 1 aromatic rings. The Labute approximate surface area is 92.6 Å². The minimum atomic E-state index is -0.674. The van der Waals surface area contributed by atoms with Gasteiger partial charge in [-0.1, -0.05) is 25.2 Å². The second-order valence-electron chi connectivity index (χ2n) is 3.80. The molecule has 0 bridgehead atoms. The molecule has 1 nitrogen and oxygen atoms in total. The van der Waals surface area contributed by atoms with Gasteiger partial charge in [0.05, 0.1) is 5.71 Å². The molecule has 0 saturated heterocycles. The first-order valence-electron chi connectivity index (χ1n) is 5.02. The second-order valence-corrected chi connectivity index (χ2v) is 3.80. The van der Waals surface area contributed by atoms with Crippen molar-refractivity contribution < 1.29 is 8.78 Å². The summed E-state index contributed by atoms with van der Waals surface area (Å²) in [5, 5.41) is 7.73. The van der Waals surface area contributed by atoms with Crippen LogP contribution in [0.3, 0.4) is 0 Å². The lowest BCUT2D eigenvalue weighted by molar-refractivity contribution is 0.576. The molecule has 0 fully saturated rings. The molecule has 82 valence electrons. The number of nitrogens with one attached hydrogen (secondary N) is 1. The van der Waals surface area contributed by atoms with Gasteiger partial charge in [-0.3, -0.25) is 0 Å². The Kier molecular flexibility index (Phi) is 2.69. The minimum Gasteiger partial charge on any atom is -0.300 e. The summed E-state index contributed by atoms with van der Waals surface area (Å²) in [4.78, 5) is 0. The molecule has 0 heterocycles. The minimum absolute atomic E-state index is 0.0729. The van der Waals surface area contributed by atoms with Crippen LogP contribution < -0.4 is 0 Å². The summed E-state index contributed by atoms with van der Waals surface area (Å²) in [7, 11) is 0. The van der Waals surface area contributed by atoms with Crippen molar-refractivity contribution in [3.05, 3.63) is 59.2 Å². The van der Waals surface area contributed by atoms with Gasteiger partial charge in [0, 0.05) is 17.5 Å². The van der Waals surface area contributed by atoms with Gasteiger partial charge in [0.2, 0.25) is 0 Å². The van der Waals surface area contributed by atoms with Gasteiger partial charge in [0.1, 0.15) is 11.6 Å². The normalized spacial score (nSPS) is 23.2. The summed E-state index contributed by atoms with van der Waals surface area (Å²) in [6, 6.07) is 2.11. The van der Waals surface area contributed by atoms with E-state index < -0.39 is 11.6 Å². The van der Waals surface area contributed by atoms with Crippen LogP contribution >= 0.6 is 0 Å². The molecule has 1 aliphatic carbocycles. The third-order valence-corrected chi connectivity index (χ3v) is 2.62. The highest BCUT2D eigenvalue weighted by atomic mass is 19.1. The highest BCUT2D eigenvalue weighted by Gasteiger charge is 2.18. The Morgan fingerprint density at radius 2 is 1.94 bits per heavy atom. The van der Waals surface area contributed by atoms with Crippen LogP contribution in [-0.4, -0.2) is 5.71 Å². The first-order chi connectivity index (χ1) is 7.59. The van der Waals surface area contributed by atoms with Crippen molar-refractivity contribution in [2.75, 3.05) is 0 Å². The molecular formula is C13H11F2N. The molecule has 1 N–H and O–H groups in total. The molecule has 16 heavy (non-hydrogen) atoms. The Balaban J connectivity index is 2.72. The molecule has 0 aliphatic heterocycles. The number of benzene rings is 1. The van der Waals surface area contributed by atoms with Crippen molar-refractivity contribution in [2.45, 2.75) is 12.8 Å². The van der Waals surface area contributed by atoms with Crippen molar-refractivity contribution in [3.63, 3.8) is 0 Å². The van der Waals surface area contributed by atoms with Crippen LogP contribution in [-0.2, 0) is 0 Å². The summed E-state index contributed by atoms with van der Waals surface area (Å²) in [6.45, 7) is 1.85. The number of hydrogen-bond acceptors (Lipinski definition) is 1. The Bertz CT molecular complexity index is 501. The van der Waals surface area contributed by atoms with Crippen LogP contribution in [0.4, 0.5) is 8.78 Å². The van der Waals surface area contributed by atoms with E-state index in [0.717, 1.165) is 6.07 Å². The van der Waals surface area contributed by atoms with Crippen molar-refractivity contribution in [1.82, 2.24) is 0 Å². The highest BCUT2D eigenvalue weighted by Crippen LogP contribution is 2.26. The average molecular weight is 219 g/mol. The predicted octanol–water partition coefficient (Wildman–Crippen LogP) is 3.56. The van der Waals surface area contributed by atoms with E-state index in [1.54, 1.807) is 12.2 Å². The summed E-state index contributed by atoms with van der Waals surface area (Å²) < 4.78 is 26.8. The first kappa shape index (κ1) is 10.7. The van der Waals surface area contributed by atoms with Crippen LogP contribution in [0.5, 0.6) is 0 Å². The number of hydrogen-bond donors (Lipinski definition) is 1. The van der Waals surface area contributed by atoms with Gasteiger partial charge in [0.25, 0.3) is 0 Å². The monoisotopic (exact) mass is 219 g/mol. The lowest BCUT2D eigenvalue weighted by Gasteiger charge is -2.15. The lowest BCUT2D eigenvalue weighted by Crippen LogP contribution is -2.08. The van der Waals surface area contributed by atoms with Gasteiger partial charge in [-0.2, -0.15) is 0 Å². The maximum Gasteiger partial charge on any atom is 0.135 e. The summed E-state index contributed by atoms with van der Waals surface area (Å²) in [6.07, 6.45) is 6.82. The standard InChI is InChI=1S/C13H11F2N/c1-8-4-2-3-5-12(16)13-10(8)6-9(14)7-11(13)15/h2-8,16H,1H3/b4-2-,5-3-,16-12?. The summed E-state index contributed by atoms with van der Waals surface area (Å²) >= 11 is 0. The number of halogens is 2. The molecule has 2 rings (SSSR count). The van der Waals surface area contributed by atoms with Gasteiger partial charge >= 0.3 is 0 Å². The van der Waals surface area contributed by atoms with Gasteiger partial charge in [-0.05, 0) is 17.7 Å². The van der Waals surface area contributed by atoms with E-state index in [2.05, 4.69) is 0 Å². The summed E-state index contributed by atoms with van der Waals surface area (Å²) in [5.74, 6) is -1.38. The molecular weight excluding hydrogens is 208 g/mol. The maximum atomic E-state index is 13.6. The lowest BCUT2D eigenvalue weighted by atomic mass is 9.90. The van der Waals surface area contributed by atoms with E-state index in [-0.39, 0.29) is 17.2 Å². The largest absolute Gasteiger partial charge is 0.300 e. The van der Waals surface area contributed by atoms with Crippen LogP contribution in [0, 0.1) is 17.0 Å². The second kappa shape index (κ2) is 4.00. The zero-order chi connectivity index (χ0) is 11.7. The molecule has 0 radical (unpaired) electrons. The number of allylic oxidation sites excluding steroid dienone is 4. The molecule has 0 spiro atoms. The van der Waals surface area contributed by atoms with E-state index in [4.69, 9.17) is 5.41 Å². The maximum absolute atomic E-state index is 13.6. The Hall–Kier alpha value is -1.77. The zero-order valence-electron chi connectivity index (χ0n) is 8.80. The number of fused-ring (bicyclic) bond motifs is 1. The first-order valence-corrected chi connectivity index (χ1v) is 5.02. The van der Waals surface area contributed by atoms with E-state index in [0.29, 0.717) is 5.56 Å². The fourth-order valence-electron chi connectivity index (χ4n) is 1.81. The molecule has 1 atom stereocenters.